The highest BCUT2D eigenvalue weighted by Gasteiger charge is 2.31. The molecule has 0 amide bonds. The largest absolute Gasteiger partial charge is 0.316 e. The lowest BCUT2D eigenvalue weighted by Gasteiger charge is -2.14. The zero-order valence-corrected chi connectivity index (χ0v) is 11.6. The van der Waals surface area contributed by atoms with Gasteiger partial charge in [0.25, 0.3) is 0 Å². The Balaban J connectivity index is 1.90. The van der Waals surface area contributed by atoms with Crippen molar-refractivity contribution in [2.24, 2.45) is 5.92 Å². The molecule has 94 valence electrons. The maximum absolute atomic E-state index is 12.1. The van der Waals surface area contributed by atoms with Crippen LogP contribution in [0, 0.1) is 5.92 Å². The van der Waals surface area contributed by atoms with Gasteiger partial charge in [-0.2, -0.15) is 0 Å². The second-order valence-corrected chi connectivity index (χ2v) is 6.48. The van der Waals surface area contributed by atoms with E-state index >= 15 is 0 Å². The second-order valence-electron chi connectivity index (χ2n) is 4.57. The molecule has 1 fully saturated rings. The zero-order valence-electron chi connectivity index (χ0n) is 9.99. The van der Waals surface area contributed by atoms with E-state index in [0.29, 0.717) is 16.8 Å². The van der Waals surface area contributed by atoms with Gasteiger partial charge in [0.15, 0.2) is 0 Å². The summed E-state index contributed by atoms with van der Waals surface area (Å²) in [5.41, 5.74) is 0.984. The summed E-state index contributed by atoms with van der Waals surface area (Å²) in [6, 6.07) is 8.04. The molecule has 4 heteroatoms. The van der Waals surface area contributed by atoms with E-state index < -0.39 is 10.8 Å². The molecule has 1 N–H and O–H groups in total. The Bertz CT molecular complexity index is 406. The summed E-state index contributed by atoms with van der Waals surface area (Å²) in [4.78, 5) is 0. The van der Waals surface area contributed by atoms with Gasteiger partial charge in [0.2, 0.25) is 0 Å². The van der Waals surface area contributed by atoms with Crippen molar-refractivity contribution < 1.29 is 4.21 Å². The quantitative estimate of drug-likeness (QED) is 0.862. The van der Waals surface area contributed by atoms with Crippen LogP contribution in [-0.2, 0) is 16.6 Å². The highest BCUT2D eigenvalue weighted by molar-refractivity contribution is 7.84. The Morgan fingerprint density at radius 3 is 2.76 bits per heavy atom. The van der Waals surface area contributed by atoms with E-state index in [1.807, 2.05) is 31.3 Å². The summed E-state index contributed by atoms with van der Waals surface area (Å²) in [5.74, 6) is 2.02. The van der Waals surface area contributed by atoms with E-state index in [4.69, 9.17) is 11.6 Å². The van der Waals surface area contributed by atoms with Crippen LogP contribution in [0.4, 0.5) is 0 Å². The maximum Gasteiger partial charge on any atom is 0.0501 e. The second kappa shape index (κ2) is 5.98. The predicted molar refractivity (Wildman–Crippen MR) is 73.7 cm³/mol. The van der Waals surface area contributed by atoms with Crippen LogP contribution in [0.15, 0.2) is 24.3 Å². The van der Waals surface area contributed by atoms with E-state index in [9.17, 15) is 4.21 Å². The van der Waals surface area contributed by atoms with Crippen molar-refractivity contribution in [2.45, 2.75) is 24.6 Å². The smallest absolute Gasteiger partial charge is 0.0501 e. The number of benzene rings is 1. The first kappa shape index (κ1) is 13.1. The van der Waals surface area contributed by atoms with Crippen molar-refractivity contribution in [3.8, 4) is 0 Å². The molecule has 1 aromatic carbocycles. The third kappa shape index (κ3) is 3.80. The fourth-order valence-corrected chi connectivity index (χ4v) is 3.84. The predicted octanol–water partition coefficient (Wildman–Crippen LogP) is 2.59. The van der Waals surface area contributed by atoms with Gasteiger partial charge in [-0.25, -0.2) is 0 Å². The van der Waals surface area contributed by atoms with Gasteiger partial charge in [0, 0.05) is 27.6 Å². The van der Waals surface area contributed by atoms with Crippen LogP contribution in [-0.4, -0.2) is 23.1 Å². The monoisotopic (exact) mass is 271 g/mol. The number of hydrogen-bond acceptors (Lipinski definition) is 2. The Morgan fingerprint density at radius 2 is 2.18 bits per heavy atom. The lowest BCUT2D eigenvalue weighted by molar-refractivity contribution is 0.546. The topological polar surface area (TPSA) is 29.1 Å². The summed E-state index contributed by atoms with van der Waals surface area (Å²) in [6.45, 7) is 0. The summed E-state index contributed by atoms with van der Waals surface area (Å²) < 4.78 is 12.1. The Morgan fingerprint density at radius 1 is 1.47 bits per heavy atom. The summed E-state index contributed by atoms with van der Waals surface area (Å²) in [6.07, 6.45) is 2.55. The Kier molecular flexibility index (Phi) is 4.60. The van der Waals surface area contributed by atoms with Gasteiger partial charge < -0.3 is 5.32 Å². The molecule has 1 aliphatic rings. The van der Waals surface area contributed by atoms with Crippen molar-refractivity contribution in [1.29, 1.82) is 0 Å². The minimum absolute atomic E-state index is 0.401. The molecule has 0 aromatic heterocycles. The van der Waals surface area contributed by atoms with Crippen molar-refractivity contribution in [2.75, 3.05) is 12.8 Å². The number of hydrogen-bond donors (Lipinski definition) is 1. The van der Waals surface area contributed by atoms with Gasteiger partial charge in [0.1, 0.15) is 0 Å². The van der Waals surface area contributed by atoms with Crippen LogP contribution in [0.3, 0.4) is 0 Å². The molecule has 1 saturated carbocycles. The fraction of sp³-hybridized carbons (Fsp3) is 0.538. The fourth-order valence-electron chi connectivity index (χ4n) is 2.00. The molecule has 0 saturated heterocycles. The maximum atomic E-state index is 12.1. The molecule has 0 aliphatic heterocycles. The molecule has 0 bridgehead atoms. The van der Waals surface area contributed by atoms with Gasteiger partial charge in [-0.3, -0.25) is 4.21 Å². The average molecular weight is 272 g/mol. The van der Waals surface area contributed by atoms with Crippen molar-refractivity contribution >= 4 is 22.4 Å². The van der Waals surface area contributed by atoms with Crippen molar-refractivity contribution in [1.82, 2.24) is 5.32 Å². The number of rotatable bonds is 6. The normalized spacial score (nSPS) is 18.9. The lowest BCUT2D eigenvalue weighted by atomic mass is 10.2. The van der Waals surface area contributed by atoms with E-state index in [1.165, 1.54) is 12.8 Å². The molecule has 17 heavy (non-hydrogen) atoms. The molecule has 2 unspecified atom stereocenters. The minimum atomic E-state index is -0.839. The average Bonchev–Trinajstić information content (AvgIpc) is 3.13. The standard InChI is InChI=1S/C13H18ClNOS/c1-15-13(10-6-7-10)9-17(16)8-11-4-2-3-5-12(11)14/h2-5,10,13,15H,6-9H2,1H3. The summed E-state index contributed by atoms with van der Waals surface area (Å²) >= 11 is 6.06. The Labute approximate surface area is 110 Å². The number of nitrogens with one attached hydrogen (secondary N) is 1. The molecule has 2 rings (SSSR count). The van der Waals surface area contributed by atoms with Crippen LogP contribution in [0.25, 0.3) is 0 Å². The number of halogens is 1. The van der Waals surface area contributed by atoms with Gasteiger partial charge in [-0.15, -0.1) is 0 Å². The van der Waals surface area contributed by atoms with Crippen LogP contribution in [0.2, 0.25) is 5.02 Å². The van der Waals surface area contributed by atoms with Crippen molar-refractivity contribution in [3.63, 3.8) is 0 Å². The zero-order chi connectivity index (χ0) is 12.3. The molecule has 1 aromatic rings. The molecule has 1 aliphatic carbocycles. The molecular weight excluding hydrogens is 254 g/mol. The van der Waals surface area contributed by atoms with Crippen LogP contribution in [0.1, 0.15) is 18.4 Å². The molecule has 2 atom stereocenters. The first-order valence-corrected chi connectivity index (χ1v) is 7.83. The lowest BCUT2D eigenvalue weighted by Crippen LogP contribution is -2.33. The van der Waals surface area contributed by atoms with Crippen LogP contribution in [0.5, 0.6) is 0 Å². The molecular formula is C13H18ClNOS. The van der Waals surface area contributed by atoms with Gasteiger partial charge in [0.05, 0.1) is 5.75 Å². The third-order valence-electron chi connectivity index (χ3n) is 3.20. The summed E-state index contributed by atoms with van der Waals surface area (Å²) in [5, 5.41) is 3.99. The molecule has 0 heterocycles. The van der Waals surface area contributed by atoms with Crippen LogP contribution >= 0.6 is 11.6 Å². The first-order chi connectivity index (χ1) is 8.20. The minimum Gasteiger partial charge on any atom is -0.316 e. The Hall–Kier alpha value is -0.380. The van der Waals surface area contributed by atoms with Gasteiger partial charge >= 0.3 is 0 Å². The first-order valence-electron chi connectivity index (χ1n) is 5.96. The van der Waals surface area contributed by atoms with Crippen molar-refractivity contribution in [3.05, 3.63) is 34.9 Å². The van der Waals surface area contributed by atoms with E-state index in [-0.39, 0.29) is 0 Å². The third-order valence-corrected chi connectivity index (χ3v) is 4.93. The highest BCUT2D eigenvalue weighted by Crippen LogP contribution is 2.33. The highest BCUT2D eigenvalue weighted by atomic mass is 35.5. The SMILES string of the molecule is CNC(CS(=O)Cc1ccccc1Cl)C1CC1. The molecule has 2 nitrogen and oxygen atoms in total. The molecule has 0 radical (unpaired) electrons. The van der Waals surface area contributed by atoms with Crippen LogP contribution < -0.4 is 5.32 Å². The van der Waals surface area contributed by atoms with E-state index in [2.05, 4.69) is 5.32 Å². The molecule has 0 spiro atoms. The van der Waals surface area contributed by atoms with Gasteiger partial charge in [-0.05, 0) is 37.4 Å². The van der Waals surface area contributed by atoms with Gasteiger partial charge in [-0.1, -0.05) is 29.8 Å². The van der Waals surface area contributed by atoms with E-state index in [0.717, 1.165) is 17.2 Å². The summed E-state index contributed by atoms with van der Waals surface area (Å²) in [7, 11) is 1.12. The van der Waals surface area contributed by atoms with E-state index in [1.54, 1.807) is 0 Å².